The largest absolute Gasteiger partial charge is 0.377 e. The van der Waals surface area contributed by atoms with Crippen LogP contribution in [0.4, 0.5) is 0 Å². The smallest absolute Gasteiger partial charge is 0.147 e. The minimum Gasteiger partial charge on any atom is -0.377 e. The molecule has 1 atom stereocenters. The highest BCUT2D eigenvalue weighted by atomic mass is 15.6. The summed E-state index contributed by atoms with van der Waals surface area (Å²) in [7, 11) is 2.21. The van der Waals surface area contributed by atoms with E-state index in [0.29, 0.717) is 6.04 Å². The molecule has 0 aromatic carbocycles. The molecule has 108 valence electrons. The summed E-state index contributed by atoms with van der Waals surface area (Å²) in [5.74, 6) is 0.771. The summed E-state index contributed by atoms with van der Waals surface area (Å²) < 4.78 is 0.724. The Hall–Kier alpha value is -0.830. The first-order valence-corrected chi connectivity index (χ1v) is 8.05. The molecule has 1 aliphatic carbocycles. The maximum atomic E-state index is 4.71. The molecule has 0 bridgehead atoms. The lowest BCUT2D eigenvalue weighted by atomic mass is 9.95. The first-order chi connectivity index (χ1) is 9.15. The van der Waals surface area contributed by atoms with Crippen LogP contribution in [0.15, 0.2) is 17.0 Å². The number of hydrogen-bond donors (Lipinski definition) is 1. The Balaban J connectivity index is 1.90. The number of nitrogens with zero attached hydrogens (tertiary/aromatic N) is 2. The third-order valence-electron chi connectivity index (χ3n) is 4.64. The summed E-state index contributed by atoms with van der Waals surface area (Å²) >= 11 is 0. The van der Waals surface area contributed by atoms with Crippen LogP contribution in [0.3, 0.4) is 0 Å². The maximum Gasteiger partial charge on any atom is 0.147 e. The van der Waals surface area contributed by atoms with E-state index in [1.54, 1.807) is 0 Å². The van der Waals surface area contributed by atoms with Gasteiger partial charge >= 0.3 is 0 Å². The van der Waals surface area contributed by atoms with Gasteiger partial charge in [0.15, 0.2) is 0 Å². The van der Waals surface area contributed by atoms with Crippen LogP contribution < -0.4 is 5.32 Å². The fraction of sp³-hybridized carbons (Fsp3) is 0.812. The maximum absolute atomic E-state index is 4.71. The molecule has 0 aromatic heterocycles. The lowest BCUT2D eigenvalue weighted by Gasteiger charge is -2.25. The summed E-state index contributed by atoms with van der Waals surface area (Å²) in [4.78, 5) is 0. The molecule has 0 saturated heterocycles. The Kier molecular flexibility index (Phi) is 5.03. The van der Waals surface area contributed by atoms with Gasteiger partial charge < -0.3 is 5.32 Å². The lowest BCUT2D eigenvalue weighted by Crippen LogP contribution is -2.36. The quantitative estimate of drug-likeness (QED) is 0.728. The molecule has 1 unspecified atom stereocenters. The van der Waals surface area contributed by atoms with Gasteiger partial charge in [-0.3, -0.25) is 0 Å². The molecule has 1 heterocycles. The third-order valence-corrected chi connectivity index (χ3v) is 4.64. The van der Waals surface area contributed by atoms with E-state index in [0.717, 1.165) is 17.1 Å². The van der Waals surface area contributed by atoms with Crippen LogP contribution in [0.25, 0.3) is 0 Å². The second kappa shape index (κ2) is 6.56. The average Bonchev–Trinajstić information content (AvgIpc) is 2.79. The molecule has 1 fully saturated rings. The molecule has 1 saturated carbocycles. The van der Waals surface area contributed by atoms with Crippen LogP contribution in [-0.4, -0.2) is 30.4 Å². The van der Waals surface area contributed by atoms with E-state index in [1.165, 1.54) is 50.6 Å². The van der Waals surface area contributed by atoms with E-state index in [2.05, 4.69) is 32.4 Å². The van der Waals surface area contributed by atoms with Gasteiger partial charge in [0.2, 0.25) is 0 Å². The van der Waals surface area contributed by atoms with Crippen molar-refractivity contribution in [3.63, 3.8) is 0 Å². The van der Waals surface area contributed by atoms with E-state index in [9.17, 15) is 0 Å². The number of rotatable bonds is 6. The molecule has 0 spiro atoms. The summed E-state index contributed by atoms with van der Waals surface area (Å²) in [6.07, 6.45) is 13.6. The predicted molar refractivity (Wildman–Crippen MR) is 81.7 cm³/mol. The van der Waals surface area contributed by atoms with E-state index in [4.69, 9.17) is 5.10 Å². The zero-order chi connectivity index (χ0) is 13.7. The molecule has 19 heavy (non-hydrogen) atoms. The minimum absolute atomic E-state index is 0.672. The monoisotopic (exact) mass is 264 g/mol. The van der Waals surface area contributed by atoms with Gasteiger partial charge in [0.1, 0.15) is 24.7 Å². The molecular weight excluding hydrogens is 234 g/mol. The van der Waals surface area contributed by atoms with Crippen LogP contribution in [0, 0.1) is 5.92 Å². The molecule has 3 heteroatoms. The molecule has 1 aliphatic heterocycles. The Morgan fingerprint density at radius 3 is 2.58 bits per heavy atom. The number of nitrogens with one attached hydrogen (secondary N) is 1. The van der Waals surface area contributed by atoms with Gasteiger partial charge in [0.25, 0.3) is 0 Å². The zero-order valence-corrected chi connectivity index (χ0v) is 12.9. The average molecular weight is 264 g/mol. The van der Waals surface area contributed by atoms with E-state index < -0.39 is 0 Å². The Labute approximate surface area is 118 Å². The molecule has 3 nitrogen and oxygen atoms in total. The second-order valence-corrected chi connectivity index (χ2v) is 6.39. The van der Waals surface area contributed by atoms with E-state index in [1.807, 2.05) is 6.21 Å². The second-order valence-electron chi connectivity index (χ2n) is 6.39. The summed E-state index contributed by atoms with van der Waals surface area (Å²) in [6, 6.07) is 0.672. The molecular formula is C16H30N3+. The van der Waals surface area contributed by atoms with Crippen LogP contribution in [-0.2, 0) is 0 Å². The SMILES string of the molecule is CCC(CC)C[N+]1(C)C=C(NC2CCCCC2)C=N1. The fourth-order valence-corrected chi connectivity index (χ4v) is 3.29. The lowest BCUT2D eigenvalue weighted by molar-refractivity contribution is -0.867. The van der Waals surface area contributed by atoms with Gasteiger partial charge in [-0.15, -0.1) is 0 Å². The van der Waals surface area contributed by atoms with Crippen molar-refractivity contribution >= 4 is 6.21 Å². The summed E-state index contributed by atoms with van der Waals surface area (Å²) in [5, 5.41) is 8.39. The molecule has 0 radical (unpaired) electrons. The van der Waals surface area contributed by atoms with Crippen molar-refractivity contribution in [1.29, 1.82) is 0 Å². The highest BCUT2D eigenvalue weighted by Crippen LogP contribution is 2.22. The minimum atomic E-state index is 0.672. The zero-order valence-electron chi connectivity index (χ0n) is 12.9. The van der Waals surface area contributed by atoms with Crippen LogP contribution in [0.1, 0.15) is 58.8 Å². The standard InChI is InChI=1S/C16H30N3/c1-4-14(5-2)12-19(3)13-16(11-17-19)18-15-9-7-6-8-10-15/h11,13-15,18H,4-10,12H2,1-3H3/q+1. The van der Waals surface area contributed by atoms with Gasteiger partial charge in [-0.25, -0.2) is 0 Å². The Morgan fingerprint density at radius 2 is 1.95 bits per heavy atom. The van der Waals surface area contributed by atoms with Crippen molar-refractivity contribution in [1.82, 2.24) is 5.32 Å². The van der Waals surface area contributed by atoms with Gasteiger partial charge in [0, 0.05) is 12.0 Å². The van der Waals surface area contributed by atoms with Gasteiger partial charge in [-0.05, 0) is 25.7 Å². The van der Waals surface area contributed by atoms with Crippen molar-refractivity contribution in [2.45, 2.75) is 64.8 Å². The number of allylic oxidation sites excluding steroid dienone is 1. The number of hydrogen-bond acceptors (Lipinski definition) is 2. The molecule has 2 rings (SSSR count). The van der Waals surface area contributed by atoms with Crippen LogP contribution in [0.2, 0.25) is 0 Å². The van der Waals surface area contributed by atoms with Gasteiger partial charge in [-0.2, -0.15) is 4.59 Å². The Morgan fingerprint density at radius 1 is 1.26 bits per heavy atom. The van der Waals surface area contributed by atoms with Crippen molar-refractivity contribution < 1.29 is 4.59 Å². The highest BCUT2D eigenvalue weighted by Gasteiger charge is 2.28. The van der Waals surface area contributed by atoms with Crippen molar-refractivity contribution in [3.8, 4) is 0 Å². The molecule has 0 amide bonds. The summed E-state index contributed by atoms with van der Waals surface area (Å²) in [5.41, 5.74) is 1.24. The predicted octanol–water partition coefficient (Wildman–Crippen LogP) is 3.63. The molecule has 1 N–H and O–H groups in total. The van der Waals surface area contributed by atoms with Gasteiger partial charge in [0.05, 0.1) is 7.05 Å². The highest BCUT2D eigenvalue weighted by molar-refractivity contribution is 5.78. The Bertz CT molecular complexity index is 338. The van der Waals surface area contributed by atoms with Crippen molar-refractivity contribution in [3.05, 3.63) is 11.9 Å². The van der Waals surface area contributed by atoms with E-state index in [-0.39, 0.29) is 0 Å². The molecule has 2 aliphatic rings. The number of quaternary nitrogens is 1. The fourth-order valence-electron chi connectivity index (χ4n) is 3.29. The molecule has 0 aromatic rings. The topological polar surface area (TPSA) is 24.4 Å². The third kappa shape index (κ3) is 4.07. The first kappa shape index (κ1) is 14.6. The first-order valence-electron chi connectivity index (χ1n) is 8.05. The van der Waals surface area contributed by atoms with Crippen LogP contribution in [0.5, 0.6) is 0 Å². The van der Waals surface area contributed by atoms with Crippen molar-refractivity contribution in [2.24, 2.45) is 11.0 Å². The van der Waals surface area contributed by atoms with Gasteiger partial charge in [-0.1, -0.05) is 38.2 Å². The van der Waals surface area contributed by atoms with E-state index >= 15 is 0 Å². The van der Waals surface area contributed by atoms with Crippen molar-refractivity contribution in [2.75, 3.05) is 13.6 Å². The van der Waals surface area contributed by atoms with Crippen LogP contribution >= 0.6 is 0 Å². The normalized spacial score (nSPS) is 27.9. The summed E-state index contributed by atoms with van der Waals surface area (Å²) in [6.45, 7) is 5.69.